The molecule has 0 atom stereocenters. The van der Waals surface area contributed by atoms with Gasteiger partial charge in [-0.3, -0.25) is 4.79 Å². The van der Waals surface area contributed by atoms with Crippen molar-refractivity contribution in [3.63, 3.8) is 0 Å². The van der Waals surface area contributed by atoms with Gasteiger partial charge in [0, 0.05) is 31.3 Å². The molecule has 0 aliphatic carbocycles. The van der Waals surface area contributed by atoms with Crippen LogP contribution in [0.2, 0.25) is 0 Å². The minimum absolute atomic E-state index is 0.00174. The first-order chi connectivity index (χ1) is 9.58. The summed E-state index contributed by atoms with van der Waals surface area (Å²) in [4.78, 5) is 12.0. The number of hydrogen-bond acceptors (Lipinski definition) is 4. The molecular weight excluding hydrogens is 288 g/mol. The zero-order chi connectivity index (χ0) is 16.1. The number of amides is 1. The normalized spacial score (nSPS) is 12.2. The molecule has 6 heteroatoms. The van der Waals surface area contributed by atoms with Gasteiger partial charge < -0.3 is 10.6 Å². The van der Waals surface area contributed by atoms with Crippen LogP contribution in [0.15, 0.2) is 29.2 Å². The van der Waals surface area contributed by atoms with Gasteiger partial charge in [-0.1, -0.05) is 12.1 Å². The van der Waals surface area contributed by atoms with Gasteiger partial charge in [-0.2, -0.15) is 0 Å². The molecule has 5 nitrogen and oxygen atoms in total. The summed E-state index contributed by atoms with van der Waals surface area (Å²) >= 11 is 0. The highest BCUT2D eigenvalue weighted by molar-refractivity contribution is 7.90. The van der Waals surface area contributed by atoms with E-state index in [4.69, 9.17) is 0 Å². The lowest BCUT2D eigenvalue weighted by Crippen LogP contribution is -2.38. The second-order valence-corrected chi connectivity index (χ2v) is 8.14. The van der Waals surface area contributed by atoms with E-state index < -0.39 is 9.84 Å². The minimum atomic E-state index is -3.17. The van der Waals surface area contributed by atoms with Crippen molar-refractivity contribution in [1.82, 2.24) is 10.6 Å². The molecule has 0 fully saturated rings. The molecule has 1 aromatic rings. The van der Waals surface area contributed by atoms with Crippen LogP contribution in [0.4, 0.5) is 0 Å². The Morgan fingerprint density at radius 1 is 1.14 bits per heavy atom. The molecule has 2 N–H and O–H groups in total. The van der Waals surface area contributed by atoms with E-state index in [0.717, 1.165) is 5.56 Å². The second kappa shape index (κ2) is 7.04. The number of carbonyl (C=O) groups excluding carboxylic acids is 1. The topological polar surface area (TPSA) is 75.3 Å². The molecule has 118 valence electrons. The fourth-order valence-electron chi connectivity index (χ4n) is 1.69. The van der Waals surface area contributed by atoms with E-state index in [-0.39, 0.29) is 16.3 Å². The molecule has 0 unspecified atom stereocenters. The summed E-state index contributed by atoms with van der Waals surface area (Å²) in [6.45, 7) is 7.18. The molecule has 1 aromatic carbocycles. The van der Waals surface area contributed by atoms with Crippen molar-refractivity contribution in [3.05, 3.63) is 29.8 Å². The van der Waals surface area contributed by atoms with Gasteiger partial charge in [-0.15, -0.1) is 0 Å². The smallest absolute Gasteiger partial charge is 0.221 e. The summed E-state index contributed by atoms with van der Waals surface area (Å²) in [5.41, 5.74) is 0.876. The van der Waals surface area contributed by atoms with Crippen molar-refractivity contribution < 1.29 is 13.2 Å². The lowest BCUT2D eigenvalue weighted by atomic mass is 10.1. The Balaban J connectivity index is 2.40. The summed E-state index contributed by atoms with van der Waals surface area (Å²) in [7, 11) is -3.17. The van der Waals surface area contributed by atoms with Gasteiger partial charge in [0.05, 0.1) is 4.90 Å². The third-order valence-electron chi connectivity index (χ3n) is 2.85. The van der Waals surface area contributed by atoms with Crippen LogP contribution in [-0.2, 0) is 21.2 Å². The van der Waals surface area contributed by atoms with E-state index in [2.05, 4.69) is 10.6 Å². The van der Waals surface area contributed by atoms with Gasteiger partial charge in [-0.05, 0) is 38.5 Å². The SMILES string of the molecule is CC(C)(C)NCCC(=O)NCc1ccc(S(C)(=O)=O)cc1. The van der Waals surface area contributed by atoms with E-state index in [1.165, 1.54) is 6.26 Å². The first-order valence-electron chi connectivity index (χ1n) is 6.89. The number of hydrogen-bond donors (Lipinski definition) is 2. The predicted octanol–water partition coefficient (Wildman–Crippen LogP) is 1.48. The maximum atomic E-state index is 11.7. The lowest BCUT2D eigenvalue weighted by molar-refractivity contribution is -0.121. The molecule has 0 aromatic heterocycles. The van der Waals surface area contributed by atoms with Crippen molar-refractivity contribution in [2.75, 3.05) is 12.8 Å². The molecule has 0 heterocycles. The fourth-order valence-corrected chi connectivity index (χ4v) is 2.33. The largest absolute Gasteiger partial charge is 0.352 e. The predicted molar refractivity (Wildman–Crippen MR) is 83.8 cm³/mol. The first-order valence-corrected chi connectivity index (χ1v) is 8.78. The van der Waals surface area contributed by atoms with Crippen molar-refractivity contribution in [1.29, 1.82) is 0 Å². The number of carbonyl (C=O) groups is 1. The molecule has 0 spiro atoms. The van der Waals surface area contributed by atoms with E-state index in [0.29, 0.717) is 19.5 Å². The van der Waals surface area contributed by atoms with Crippen LogP contribution in [0.1, 0.15) is 32.8 Å². The van der Waals surface area contributed by atoms with Gasteiger partial charge in [0.25, 0.3) is 0 Å². The van der Waals surface area contributed by atoms with Crippen LogP contribution in [-0.4, -0.2) is 32.7 Å². The maximum Gasteiger partial charge on any atom is 0.221 e. The molecule has 0 saturated heterocycles. The van der Waals surface area contributed by atoms with Gasteiger partial charge in [0.1, 0.15) is 0 Å². The molecule has 0 saturated carbocycles. The fraction of sp³-hybridized carbons (Fsp3) is 0.533. The average molecular weight is 312 g/mol. The van der Waals surface area contributed by atoms with Crippen LogP contribution < -0.4 is 10.6 Å². The van der Waals surface area contributed by atoms with E-state index >= 15 is 0 Å². The van der Waals surface area contributed by atoms with Crippen LogP contribution in [0.25, 0.3) is 0 Å². The molecule has 0 radical (unpaired) electrons. The summed E-state index contributed by atoms with van der Waals surface area (Å²) in [5.74, 6) is -0.0288. The number of sulfone groups is 1. The summed E-state index contributed by atoms with van der Waals surface area (Å²) < 4.78 is 22.7. The van der Waals surface area contributed by atoms with Gasteiger partial charge in [0.15, 0.2) is 9.84 Å². The molecular formula is C15H24N2O3S. The Morgan fingerprint density at radius 3 is 2.19 bits per heavy atom. The highest BCUT2D eigenvalue weighted by Gasteiger charge is 2.10. The average Bonchev–Trinajstić information content (AvgIpc) is 2.34. The lowest BCUT2D eigenvalue weighted by Gasteiger charge is -2.20. The van der Waals surface area contributed by atoms with Crippen molar-refractivity contribution in [3.8, 4) is 0 Å². The van der Waals surface area contributed by atoms with Crippen LogP contribution >= 0.6 is 0 Å². The molecule has 21 heavy (non-hydrogen) atoms. The molecule has 0 aliphatic rings. The zero-order valence-electron chi connectivity index (χ0n) is 13.1. The van der Waals surface area contributed by atoms with Gasteiger partial charge in [0.2, 0.25) is 5.91 Å². The molecule has 1 rings (SSSR count). The second-order valence-electron chi connectivity index (χ2n) is 6.12. The minimum Gasteiger partial charge on any atom is -0.352 e. The number of rotatable bonds is 6. The van der Waals surface area contributed by atoms with Gasteiger partial charge in [-0.25, -0.2) is 8.42 Å². The first kappa shape index (κ1) is 17.7. The van der Waals surface area contributed by atoms with Crippen LogP contribution in [0, 0.1) is 0 Å². The standard InChI is InChI=1S/C15H24N2O3S/c1-15(2,3)17-10-9-14(18)16-11-12-5-7-13(8-6-12)21(4,19)20/h5-8,17H,9-11H2,1-4H3,(H,16,18). The highest BCUT2D eigenvalue weighted by atomic mass is 32.2. The summed E-state index contributed by atoms with van der Waals surface area (Å²) in [6.07, 6.45) is 1.59. The van der Waals surface area contributed by atoms with E-state index in [1.807, 2.05) is 20.8 Å². The molecule has 0 bridgehead atoms. The summed E-state index contributed by atoms with van der Waals surface area (Å²) in [6, 6.07) is 6.53. The Morgan fingerprint density at radius 2 is 1.71 bits per heavy atom. The van der Waals surface area contributed by atoms with E-state index in [9.17, 15) is 13.2 Å². The van der Waals surface area contributed by atoms with Crippen molar-refractivity contribution >= 4 is 15.7 Å². The maximum absolute atomic E-state index is 11.7. The summed E-state index contributed by atoms with van der Waals surface area (Å²) in [5, 5.41) is 6.06. The third kappa shape index (κ3) is 7.24. The Kier molecular flexibility index (Phi) is 5.92. The monoisotopic (exact) mass is 312 g/mol. The Bertz CT molecular complexity index is 572. The Hall–Kier alpha value is -1.40. The van der Waals surface area contributed by atoms with Crippen molar-refractivity contribution in [2.45, 2.75) is 44.2 Å². The Labute approximate surface area is 127 Å². The van der Waals surface area contributed by atoms with Crippen molar-refractivity contribution in [2.24, 2.45) is 0 Å². The quantitative estimate of drug-likeness (QED) is 0.834. The van der Waals surface area contributed by atoms with Gasteiger partial charge >= 0.3 is 0 Å². The third-order valence-corrected chi connectivity index (χ3v) is 3.98. The number of nitrogens with one attached hydrogen (secondary N) is 2. The number of benzene rings is 1. The zero-order valence-corrected chi connectivity index (χ0v) is 13.9. The molecule has 0 aliphatic heterocycles. The van der Waals surface area contributed by atoms with Crippen LogP contribution in [0.3, 0.4) is 0 Å². The van der Waals surface area contributed by atoms with Crippen LogP contribution in [0.5, 0.6) is 0 Å². The highest BCUT2D eigenvalue weighted by Crippen LogP contribution is 2.10. The molecule has 1 amide bonds. The van der Waals surface area contributed by atoms with E-state index in [1.54, 1.807) is 24.3 Å².